The number of carboxylic acid groups (broad SMARTS) is 1. The van der Waals surface area contributed by atoms with Crippen molar-refractivity contribution in [1.82, 2.24) is 5.32 Å². The molecule has 7 heteroatoms. The number of amides is 1. The number of carbonyl (C=O) groups is 2. The maximum absolute atomic E-state index is 12.4. The van der Waals surface area contributed by atoms with Gasteiger partial charge in [0.05, 0.1) is 18.4 Å². The zero-order valence-corrected chi connectivity index (χ0v) is 15.9. The number of nitrogens with one attached hydrogen (secondary N) is 1. The SMILES string of the molecule is COc1cc(C(=O)O)ccc1CCNC(=O)c1ccc(N2CCC(C)=N2)cc1. The molecule has 0 spiro atoms. The minimum atomic E-state index is -1.00. The van der Waals surface area contributed by atoms with Gasteiger partial charge < -0.3 is 15.2 Å². The number of hydrogen-bond donors (Lipinski definition) is 2. The van der Waals surface area contributed by atoms with Crippen LogP contribution in [-0.2, 0) is 6.42 Å². The highest BCUT2D eigenvalue weighted by Crippen LogP contribution is 2.21. The Morgan fingerprint density at radius 1 is 1.18 bits per heavy atom. The Morgan fingerprint density at radius 2 is 1.89 bits per heavy atom. The van der Waals surface area contributed by atoms with Crippen LogP contribution in [0.1, 0.15) is 39.6 Å². The highest BCUT2D eigenvalue weighted by molar-refractivity contribution is 5.94. The summed E-state index contributed by atoms with van der Waals surface area (Å²) in [5.41, 5.74) is 3.66. The Bertz CT molecular complexity index is 906. The van der Waals surface area contributed by atoms with E-state index in [0.717, 1.165) is 29.9 Å². The molecule has 3 rings (SSSR count). The summed E-state index contributed by atoms with van der Waals surface area (Å²) in [6.45, 7) is 3.28. The summed E-state index contributed by atoms with van der Waals surface area (Å²) >= 11 is 0. The molecule has 146 valence electrons. The summed E-state index contributed by atoms with van der Waals surface area (Å²) in [4.78, 5) is 23.4. The number of hydrazone groups is 1. The first-order valence-corrected chi connectivity index (χ1v) is 9.08. The molecule has 0 unspecified atom stereocenters. The van der Waals surface area contributed by atoms with Gasteiger partial charge in [0.15, 0.2) is 0 Å². The predicted octanol–water partition coefficient (Wildman–Crippen LogP) is 2.95. The van der Waals surface area contributed by atoms with Crippen molar-refractivity contribution in [3.8, 4) is 5.75 Å². The number of carboxylic acids is 1. The minimum Gasteiger partial charge on any atom is -0.496 e. The van der Waals surface area contributed by atoms with Gasteiger partial charge in [-0.2, -0.15) is 5.10 Å². The molecule has 2 aromatic carbocycles. The normalized spacial score (nSPS) is 13.2. The monoisotopic (exact) mass is 381 g/mol. The molecule has 0 fully saturated rings. The number of hydrogen-bond acceptors (Lipinski definition) is 5. The van der Waals surface area contributed by atoms with E-state index in [4.69, 9.17) is 9.84 Å². The molecule has 1 aliphatic heterocycles. The van der Waals surface area contributed by atoms with Crippen molar-refractivity contribution < 1.29 is 19.4 Å². The van der Waals surface area contributed by atoms with Crippen LogP contribution in [0.3, 0.4) is 0 Å². The van der Waals surface area contributed by atoms with Gasteiger partial charge in [-0.3, -0.25) is 9.80 Å². The fourth-order valence-corrected chi connectivity index (χ4v) is 3.04. The van der Waals surface area contributed by atoms with Gasteiger partial charge in [0.1, 0.15) is 5.75 Å². The number of carbonyl (C=O) groups excluding carboxylic acids is 1. The van der Waals surface area contributed by atoms with E-state index in [9.17, 15) is 9.59 Å². The minimum absolute atomic E-state index is 0.159. The Balaban J connectivity index is 1.56. The van der Waals surface area contributed by atoms with Gasteiger partial charge in [-0.15, -0.1) is 0 Å². The Labute approximate surface area is 163 Å². The van der Waals surface area contributed by atoms with Crippen LogP contribution in [0.25, 0.3) is 0 Å². The number of aromatic carboxylic acids is 1. The number of benzene rings is 2. The molecule has 7 nitrogen and oxygen atoms in total. The lowest BCUT2D eigenvalue weighted by Gasteiger charge is -2.14. The van der Waals surface area contributed by atoms with E-state index in [1.807, 2.05) is 24.1 Å². The molecular formula is C21H23N3O4. The topological polar surface area (TPSA) is 91.2 Å². The molecule has 0 aromatic heterocycles. The molecule has 0 radical (unpaired) electrons. The highest BCUT2D eigenvalue weighted by atomic mass is 16.5. The van der Waals surface area contributed by atoms with E-state index in [-0.39, 0.29) is 11.5 Å². The molecule has 1 amide bonds. The van der Waals surface area contributed by atoms with Gasteiger partial charge >= 0.3 is 5.97 Å². The average molecular weight is 381 g/mol. The van der Waals surface area contributed by atoms with Crippen LogP contribution >= 0.6 is 0 Å². The number of methoxy groups -OCH3 is 1. The molecule has 0 bridgehead atoms. The lowest BCUT2D eigenvalue weighted by Crippen LogP contribution is -2.25. The van der Waals surface area contributed by atoms with E-state index in [1.165, 1.54) is 19.2 Å². The Kier molecular flexibility index (Phi) is 5.93. The largest absolute Gasteiger partial charge is 0.496 e. The van der Waals surface area contributed by atoms with Crippen LogP contribution in [0.5, 0.6) is 5.75 Å². The van der Waals surface area contributed by atoms with E-state index in [1.54, 1.807) is 18.2 Å². The zero-order valence-electron chi connectivity index (χ0n) is 15.9. The van der Waals surface area contributed by atoms with Gasteiger partial charge in [-0.1, -0.05) is 6.07 Å². The second-order valence-corrected chi connectivity index (χ2v) is 6.59. The third-order valence-electron chi connectivity index (χ3n) is 4.62. The lowest BCUT2D eigenvalue weighted by atomic mass is 10.1. The van der Waals surface area contributed by atoms with Crippen molar-refractivity contribution in [3.63, 3.8) is 0 Å². The van der Waals surface area contributed by atoms with Crippen molar-refractivity contribution in [1.29, 1.82) is 0 Å². The van der Waals surface area contributed by atoms with Crippen LogP contribution in [0.2, 0.25) is 0 Å². The van der Waals surface area contributed by atoms with Crippen LogP contribution in [-0.4, -0.2) is 42.9 Å². The summed E-state index contributed by atoms with van der Waals surface area (Å²) in [5.74, 6) is -0.662. The van der Waals surface area contributed by atoms with Crippen molar-refractivity contribution in [2.24, 2.45) is 5.10 Å². The summed E-state index contributed by atoms with van der Waals surface area (Å²) < 4.78 is 5.26. The van der Waals surface area contributed by atoms with Crippen molar-refractivity contribution in [2.45, 2.75) is 19.8 Å². The molecule has 0 saturated carbocycles. The molecular weight excluding hydrogens is 358 g/mol. The molecule has 0 saturated heterocycles. The molecule has 1 heterocycles. The van der Waals surface area contributed by atoms with Crippen LogP contribution in [0.4, 0.5) is 5.69 Å². The van der Waals surface area contributed by atoms with E-state index in [0.29, 0.717) is 24.3 Å². The standard InChI is InChI=1S/C21H23N3O4/c1-14-10-12-24(23-14)18-7-5-16(6-8-18)20(25)22-11-9-15-3-4-17(21(26)27)13-19(15)28-2/h3-8,13H,9-12H2,1-2H3,(H,22,25)(H,26,27). The van der Waals surface area contributed by atoms with Crippen LogP contribution < -0.4 is 15.1 Å². The number of ether oxygens (including phenoxy) is 1. The average Bonchev–Trinajstić information content (AvgIpc) is 3.14. The van der Waals surface area contributed by atoms with Crippen molar-refractivity contribution in [2.75, 3.05) is 25.2 Å². The first-order valence-electron chi connectivity index (χ1n) is 9.08. The van der Waals surface area contributed by atoms with E-state index < -0.39 is 5.97 Å². The number of anilines is 1. The second-order valence-electron chi connectivity index (χ2n) is 6.59. The van der Waals surface area contributed by atoms with Crippen molar-refractivity contribution >= 4 is 23.3 Å². The smallest absolute Gasteiger partial charge is 0.335 e. The van der Waals surface area contributed by atoms with Crippen LogP contribution in [0.15, 0.2) is 47.6 Å². The maximum atomic E-state index is 12.4. The molecule has 0 atom stereocenters. The second kappa shape index (κ2) is 8.56. The van der Waals surface area contributed by atoms with E-state index >= 15 is 0 Å². The molecule has 28 heavy (non-hydrogen) atoms. The molecule has 2 N–H and O–H groups in total. The summed E-state index contributed by atoms with van der Waals surface area (Å²) in [7, 11) is 1.50. The molecule has 2 aromatic rings. The third-order valence-corrected chi connectivity index (χ3v) is 4.62. The predicted molar refractivity (Wildman–Crippen MR) is 108 cm³/mol. The first-order chi connectivity index (χ1) is 13.5. The number of rotatable bonds is 7. The van der Waals surface area contributed by atoms with Crippen molar-refractivity contribution in [3.05, 3.63) is 59.2 Å². The number of nitrogens with zero attached hydrogens (tertiary/aromatic N) is 2. The van der Waals surface area contributed by atoms with Gasteiger partial charge in [0, 0.05) is 30.8 Å². The summed E-state index contributed by atoms with van der Waals surface area (Å²) in [6.07, 6.45) is 1.49. The fraction of sp³-hybridized carbons (Fsp3) is 0.286. The lowest BCUT2D eigenvalue weighted by molar-refractivity contribution is 0.0696. The third kappa shape index (κ3) is 4.49. The molecule has 0 aliphatic carbocycles. The van der Waals surface area contributed by atoms with Gasteiger partial charge in [-0.05, 0) is 55.3 Å². The highest BCUT2D eigenvalue weighted by Gasteiger charge is 2.14. The maximum Gasteiger partial charge on any atom is 0.335 e. The zero-order chi connectivity index (χ0) is 20.1. The van der Waals surface area contributed by atoms with E-state index in [2.05, 4.69) is 10.4 Å². The fourth-order valence-electron chi connectivity index (χ4n) is 3.04. The molecule has 1 aliphatic rings. The quantitative estimate of drug-likeness (QED) is 0.769. The van der Waals surface area contributed by atoms with Gasteiger partial charge in [0.25, 0.3) is 5.91 Å². The Hall–Kier alpha value is -3.35. The Morgan fingerprint density at radius 3 is 2.50 bits per heavy atom. The summed E-state index contributed by atoms with van der Waals surface area (Å²) in [6, 6.07) is 12.1. The van der Waals surface area contributed by atoms with Crippen LogP contribution in [0, 0.1) is 0 Å². The summed E-state index contributed by atoms with van der Waals surface area (Å²) in [5, 5.41) is 18.3. The van der Waals surface area contributed by atoms with Gasteiger partial charge in [-0.25, -0.2) is 4.79 Å². The van der Waals surface area contributed by atoms with Gasteiger partial charge in [0.2, 0.25) is 0 Å². The first kappa shape index (κ1) is 19.4.